The number of hydrazone groups is 1. The maximum atomic E-state index is 12.6. The van der Waals surface area contributed by atoms with Gasteiger partial charge in [0.2, 0.25) is 0 Å². The molecule has 0 fully saturated rings. The number of para-hydroxylation sites is 1. The Labute approximate surface area is 151 Å². The molecule has 1 aromatic heterocycles. The van der Waals surface area contributed by atoms with Crippen molar-refractivity contribution in [3.05, 3.63) is 90.4 Å². The van der Waals surface area contributed by atoms with Crippen LogP contribution in [0, 0.1) is 0 Å². The monoisotopic (exact) mass is 345 g/mol. The first-order chi connectivity index (χ1) is 12.8. The van der Waals surface area contributed by atoms with Gasteiger partial charge in [-0.05, 0) is 29.8 Å². The maximum absolute atomic E-state index is 12.6. The van der Waals surface area contributed by atoms with E-state index in [0.29, 0.717) is 18.7 Å². The average molecular weight is 345 g/mol. The Kier molecular flexibility index (Phi) is 4.51. The van der Waals surface area contributed by atoms with Crippen LogP contribution < -0.4 is 10.3 Å². The fourth-order valence-electron chi connectivity index (χ4n) is 3.08. The summed E-state index contributed by atoms with van der Waals surface area (Å²) in [6, 6.07) is 23.7. The zero-order chi connectivity index (χ0) is 17.8. The molecule has 0 aliphatic carbocycles. The summed E-state index contributed by atoms with van der Waals surface area (Å²) in [4.78, 5) is 12.6. The zero-order valence-electron chi connectivity index (χ0n) is 14.2. The molecule has 1 unspecified atom stereocenters. The predicted octanol–water partition coefficient (Wildman–Crippen LogP) is 3.90. The van der Waals surface area contributed by atoms with E-state index in [1.807, 2.05) is 59.6 Å². The number of furan rings is 1. The van der Waals surface area contributed by atoms with E-state index in [2.05, 4.69) is 22.6 Å². The van der Waals surface area contributed by atoms with Gasteiger partial charge in [-0.3, -0.25) is 9.80 Å². The normalized spacial score (nSPS) is 16.4. The Bertz CT molecular complexity index is 890. The van der Waals surface area contributed by atoms with Gasteiger partial charge in [-0.25, -0.2) is 0 Å². The van der Waals surface area contributed by atoms with E-state index < -0.39 is 0 Å². The number of hydrogen-bond acceptors (Lipinski definition) is 4. The average Bonchev–Trinajstić information content (AvgIpc) is 3.37. The van der Waals surface area contributed by atoms with Crippen molar-refractivity contribution in [1.29, 1.82) is 0 Å². The number of hydrogen-bond donors (Lipinski definition) is 1. The molecule has 26 heavy (non-hydrogen) atoms. The molecule has 1 amide bonds. The largest absolute Gasteiger partial charge is 0.467 e. The molecule has 1 aliphatic heterocycles. The summed E-state index contributed by atoms with van der Waals surface area (Å²) < 4.78 is 5.26. The molecule has 1 aliphatic rings. The lowest BCUT2D eigenvalue weighted by Gasteiger charge is -2.23. The summed E-state index contributed by atoms with van der Waals surface area (Å²) in [5.41, 5.74) is 2.62. The van der Waals surface area contributed by atoms with Crippen LogP contribution >= 0.6 is 0 Å². The summed E-state index contributed by atoms with van der Waals surface area (Å²) in [6.07, 6.45) is 2.15. The van der Waals surface area contributed by atoms with Crippen molar-refractivity contribution < 1.29 is 9.21 Å². The maximum Gasteiger partial charge on any atom is 0.267 e. The Morgan fingerprint density at radius 2 is 1.77 bits per heavy atom. The molecule has 0 bridgehead atoms. The van der Waals surface area contributed by atoms with Crippen molar-refractivity contribution in [3.8, 4) is 0 Å². The molecule has 2 heterocycles. The van der Waals surface area contributed by atoms with Gasteiger partial charge in [0.1, 0.15) is 11.5 Å². The highest BCUT2D eigenvalue weighted by Gasteiger charge is 2.32. The van der Waals surface area contributed by atoms with Gasteiger partial charge in [-0.15, -0.1) is 0 Å². The summed E-state index contributed by atoms with van der Waals surface area (Å²) in [7, 11) is 0. The van der Waals surface area contributed by atoms with Crippen molar-refractivity contribution >= 4 is 17.3 Å². The minimum absolute atomic E-state index is 0.00274. The van der Waals surface area contributed by atoms with Crippen LogP contribution in [0.5, 0.6) is 0 Å². The van der Waals surface area contributed by atoms with Crippen molar-refractivity contribution in [2.45, 2.75) is 19.0 Å². The number of benzene rings is 2. The second-order valence-electron chi connectivity index (χ2n) is 6.12. The minimum atomic E-state index is -0.166. The van der Waals surface area contributed by atoms with Crippen molar-refractivity contribution in [3.63, 3.8) is 0 Å². The van der Waals surface area contributed by atoms with Crippen molar-refractivity contribution in [2.75, 3.05) is 5.01 Å². The van der Waals surface area contributed by atoms with E-state index in [1.54, 1.807) is 12.3 Å². The molecule has 5 heteroatoms. The zero-order valence-corrected chi connectivity index (χ0v) is 14.2. The van der Waals surface area contributed by atoms with Crippen LogP contribution in [0.4, 0.5) is 5.69 Å². The Morgan fingerprint density at radius 1 is 1.04 bits per heavy atom. The Morgan fingerprint density at radius 3 is 2.46 bits per heavy atom. The second-order valence-corrected chi connectivity index (χ2v) is 6.12. The molecule has 2 aromatic carbocycles. The summed E-state index contributed by atoms with van der Waals surface area (Å²) in [5.74, 6) is 0.553. The van der Waals surface area contributed by atoms with E-state index in [-0.39, 0.29) is 11.9 Å². The predicted molar refractivity (Wildman–Crippen MR) is 101 cm³/mol. The molecule has 1 N–H and O–H groups in total. The number of nitrogens with one attached hydrogen (secondary N) is 1. The molecule has 0 saturated heterocycles. The quantitative estimate of drug-likeness (QED) is 0.763. The topological polar surface area (TPSA) is 57.8 Å². The first-order valence-corrected chi connectivity index (χ1v) is 8.58. The van der Waals surface area contributed by atoms with Gasteiger partial charge >= 0.3 is 0 Å². The van der Waals surface area contributed by atoms with Gasteiger partial charge in [0.25, 0.3) is 5.91 Å². The third-order valence-electron chi connectivity index (χ3n) is 4.38. The Balaban J connectivity index is 1.56. The first kappa shape index (κ1) is 16.1. The summed E-state index contributed by atoms with van der Waals surface area (Å²) >= 11 is 0. The van der Waals surface area contributed by atoms with E-state index in [0.717, 1.165) is 17.0 Å². The van der Waals surface area contributed by atoms with Crippen LogP contribution in [-0.4, -0.2) is 11.6 Å². The number of nitrogens with zero attached hydrogens (tertiary/aromatic N) is 2. The smallest absolute Gasteiger partial charge is 0.267 e. The van der Waals surface area contributed by atoms with Gasteiger partial charge in [0.15, 0.2) is 0 Å². The highest BCUT2D eigenvalue weighted by Crippen LogP contribution is 2.34. The molecular weight excluding hydrogens is 326 g/mol. The molecule has 0 saturated carbocycles. The van der Waals surface area contributed by atoms with Gasteiger partial charge in [0, 0.05) is 6.42 Å². The van der Waals surface area contributed by atoms with Gasteiger partial charge in [0.05, 0.1) is 24.5 Å². The first-order valence-electron chi connectivity index (χ1n) is 8.58. The molecule has 130 valence electrons. The number of rotatable bonds is 5. The highest BCUT2D eigenvalue weighted by molar-refractivity contribution is 6.39. The van der Waals surface area contributed by atoms with Crippen LogP contribution in [0.25, 0.3) is 0 Å². The lowest BCUT2D eigenvalue weighted by Crippen LogP contribution is -2.29. The van der Waals surface area contributed by atoms with Gasteiger partial charge < -0.3 is 9.73 Å². The Hall–Kier alpha value is -3.34. The van der Waals surface area contributed by atoms with Gasteiger partial charge in [-0.1, -0.05) is 48.5 Å². The molecule has 0 radical (unpaired) electrons. The third kappa shape index (κ3) is 3.37. The summed E-state index contributed by atoms with van der Waals surface area (Å²) in [6.45, 7) is 0.353. The number of anilines is 1. The lowest BCUT2D eigenvalue weighted by molar-refractivity contribution is -0.115. The van der Waals surface area contributed by atoms with Crippen molar-refractivity contribution in [2.24, 2.45) is 5.10 Å². The van der Waals surface area contributed by atoms with E-state index in [4.69, 9.17) is 4.42 Å². The molecule has 1 atom stereocenters. The van der Waals surface area contributed by atoms with Gasteiger partial charge in [-0.2, -0.15) is 5.10 Å². The summed E-state index contributed by atoms with van der Waals surface area (Å²) in [5, 5.41) is 9.43. The van der Waals surface area contributed by atoms with Crippen LogP contribution in [-0.2, 0) is 11.3 Å². The number of carbonyl (C=O) groups is 1. The fourth-order valence-corrected chi connectivity index (χ4v) is 3.08. The van der Waals surface area contributed by atoms with E-state index >= 15 is 0 Å². The van der Waals surface area contributed by atoms with Crippen molar-refractivity contribution in [1.82, 2.24) is 5.32 Å². The molecule has 5 nitrogen and oxygen atoms in total. The third-order valence-corrected chi connectivity index (χ3v) is 4.38. The number of amides is 1. The molecule has 3 aromatic rings. The van der Waals surface area contributed by atoms with Crippen LogP contribution in [0.1, 0.15) is 23.8 Å². The lowest BCUT2D eigenvalue weighted by atomic mass is 10.0. The van der Waals surface area contributed by atoms with Crippen LogP contribution in [0.3, 0.4) is 0 Å². The van der Waals surface area contributed by atoms with Crippen LogP contribution in [0.15, 0.2) is 88.6 Å². The molecule has 0 spiro atoms. The minimum Gasteiger partial charge on any atom is -0.467 e. The standard InChI is InChI=1S/C21H19N3O2/c25-21(22-15-18-12-7-13-26-18)19-14-20(16-8-3-1-4-9-16)24(23-19)17-10-5-2-6-11-17/h1-13,20H,14-15H2,(H,22,25). The second kappa shape index (κ2) is 7.27. The van der Waals surface area contributed by atoms with E-state index in [9.17, 15) is 4.79 Å². The van der Waals surface area contributed by atoms with E-state index in [1.165, 1.54) is 0 Å². The number of carbonyl (C=O) groups excluding carboxylic acids is 1. The SMILES string of the molecule is O=C(NCc1ccco1)C1=NN(c2ccccc2)C(c2ccccc2)C1. The fraction of sp³-hybridized carbons (Fsp3) is 0.143. The highest BCUT2D eigenvalue weighted by atomic mass is 16.3. The van der Waals surface area contributed by atoms with Crippen LogP contribution in [0.2, 0.25) is 0 Å². The molecular formula is C21H19N3O2. The molecule has 4 rings (SSSR count).